The second-order valence-corrected chi connectivity index (χ2v) is 8.57. The van der Waals surface area contributed by atoms with Gasteiger partial charge in [-0.15, -0.1) is 0 Å². The fraction of sp³-hybridized carbons (Fsp3) is 0.455. The predicted octanol–water partition coefficient (Wildman–Crippen LogP) is 3.08. The summed E-state index contributed by atoms with van der Waals surface area (Å²) >= 11 is 1.43. The Bertz CT molecular complexity index is 1150. The molecular formula is C22H26N4O4S. The van der Waals surface area contributed by atoms with Gasteiger partial charge < -0.3 is 9.47 Å². The van der Waals surface area contributed by atoms with Crippen molar-refractivity contribution in [3.05, 3.63) is 46.1 Å². The lowest BCUT2D eigenvalue weighted by atomic mass is 10.2. The molecule has 1 unspecified atom stereocenters. The van der Waals surface area contributed by atoms with Crippen molar-refractivity contribution in [2.45, 2.75) is 46.3 Å². The molecule has 3 aromatic rings. The van der Waals surface area contributed by atoms with Gasteiger partial charge in [-0.25, -0.2) is 9.97 Å². The summed E-state index contributed by atoms with van der Waals surface area (Å²) in [6, 6.07) is 5.76. The summed E-state index contributed by atoms with van der Waals surface area (Å²) in [7, 11) is 0. The number of benzene rings is 1. The Balaban J connectivity index is 1.68. The van der Waals surface area contributed by atoms with Crippen LogP contribution in [0, 0.1) is 13.8 Å². The molecule has 0 bridgehead atoms. The van der Waals surface area contributed by atoms with Gasteiger partial charge in [0.15, 0.2) is 5.13 Å². The molecule has 2 aromatic heterocycles. The lowest BCUT2D eigenvalue weighted by Gasteiger charge is -2.23. The third-order valence-electron chi connectivity index (χ3n) is 5.43. The van der Waals surface area contributed by atoms with Crippen molar-refractivity contribution in [1.29, 1.82) is 0 Å². The SMILES string of the molecule is CCOc1cccc2sc(N(CC3CCCO3)C(=O)Cn3cnc(C)c(C)c3=O)nc12. The number of ether oxygens (including phenoxy) is 2. The van der Waals surface area contributed by atoms with Gasteiger partial charge in [0, 0.05) is 17.9 Å². The molecule has 1 aliphatic rings. The van der Waals surface area contributed by atoms with Crippen LogP contribution >= 0.6 is 11.3 Å². The van der Waals surface area contributed by atoms with Gasteiger partial charge in [0.1, 0.15) is 17.8 Å². The van der Waals surface area contributed by atoms with Gasteiger partial charge in [0.05, 0.1) is 30.3 Å². The maximum atomic E-state index is 13.4. The van der Waals surface area contributed by atoms with Crippen molar-refractivity contribution in [2.24, 2.45) is 0 Å². The number of aromatic nitrogens is 3. The third-order valence-corrected chi connectivity index (χ3v) is 6.48. The molecule has 1 saturated heterocycles. The number of hydrogen-bond donors (Lipinski definition) is 0. The van der Waals surface area contributed by atoms with E-state index < -0.39 is 0 Å². The molecule has 1 fully saturated rings. The first-order chi connectivity index (χ1) is 15.0. The van der Waals surface area contributed by atoms with E-state index in [1.54, 1.807) is 18.7 Å². The van der Waals surface area contributed by atoms with Gasteiger partial charge in [-0.1, -0.05) is 17.4 Å². The summed E-state index contributed by atoms with van der Waals surface area (Å²) in [5.74, 6) is 0.473. The zero-order chi connectivity index (χ0) is 22.0. The highest BCUT2D eigenvalue weighted by Crippen LogP contribution is 2.35. The van der Waals surface area contributed by atoms with Crippen molar-refractivity contribution in [3.8, 4) is 5.75 Å². The minimum Gasteiger partial charge on any atom is -0.492 e. The molecule has 0 saturated carbocycles. The molecule has 1 atom stereocenters. The van der Waals surface area contributed by atoms with Crippen LogP contribution < -0.4 is 15.2 Å². The quantitative estimate of drug-likeness (QED) is 0.559. The molecule has 31 heavy (non-hydrogen) atoms. The first kappa shape index (κ1) is 21.5. The van der Waals surface area contributed by atoms with Crippen molar-refractivity contribution in [1.82, 2.24) is 14.5 Å². The molecule has 9 heteroatoms. The first-order valence-electron chi connectivity index (χ1n) is 10.4. The van der Waals surface area contributed by atoms with Gasteiger partial charge >= 0.3 is 0 Å². The number of nitrogens with zero attached hydrogens (tertiary/aromatic N) is 4. The fourth-order valence-electron chi connectivity index (χ4n) is 3.60. The lowest BCUT2D eigenvalue weighted by molar-refractivity contribution is -0.119. The Morgan fingerprint density at radius 2 is 2.23 bits per heavy atom. The van der Waals surface area contributed by atoms with E-state index >= 15 is 0 Å². The molecule has 1 aromatic carbocycles. The minimum absolute atomic E-state index is 0.0445. The largest absolute Gasteiger partial charge is 0.492 e. The zero-order valence-corrected chi connectivity index (χ0v) is 18.8. The van der Waals surface area contributed by atoms with Crippen LogP contribution in [0.3, 0.4) is 0 Å². The Kier molecular flexibility index (Phi) is 6.33. The van der Waals surface area contributed by atoms with Crippen LogP contribution in [0.1, 0.15) is 31.0 Å². The normalized spacial score (nSPS) is 16.0. The molecule has 0 spiro atoms. The Hall–Kier alpha value is -2.78. The number of carbonyl (C=O) groups is 1. The van der Waals surface area contributed by atoms with E-state index in [4.69, 9.17) is 14.5 Å². The molecule has 0 aliphatic carbocycles. The monoisotopic (exact) mass is 442 g/mol. The number of aryl methyl sites for hydroxylation is 1. The standard InChI is InChI=1S/C22H26N4O4S/c1-4-29-17-8-5-9-18-20(17)24-22(31-18)26(11-16-7-6-10-30-16)19(27)12-25-13-23-15(3)14(2)21(25)28/h5,8-9,13,16H,4,6-7,10-12H2,1-3H3. The van der Waals surface area contributed by atoms with Crippen LogP contribution in [0.15, 0.2) is 29.3 Å². The van der Waals surface area contributed by atoms with Crippen LogP contribution in [-0.4, -0.2) is 46.3 Å². The number of amides is 1. The average Bonchev–Trinajstić information content (AvgIpc) is 3.42. The number of fused-ring (bicyclic) bond motifs is 1. The molecule has 164 valence electrons. The Labute approximate surface area is 184 Å². The first-order valence-corrected chi connectivity index (χ1v) is 11.3. The van der Waals surface area contributed by atoms with Gasteiger partial charge in [0.25, 0.3) is 5.56 Å². The predicted molar refractivity (Wildman–Crippen MR) is 120 cm³/mol. The van der Waals surface area contributed by atoms with Gasteiger partial charge in [-0.3, -0.25) is 19.1 Å². The second kappa shape index (κ2) is 9.15. The number of thiazole rings is 1. The van der Waals surface area contributed by atoms with Crippen molar-refractivity contribution in [3.63, 3.8) is 0 Å². The second-order valence-electron chi connectivity index (χ2n) is 7.56. The van der Waals surface area contributed by atoms with Gasteiger partial charge in [-0.05, 0) is 45.7 Å². The molecule has 4 rings (SSSR count). The molecule has 0 N–H and O–H groups in total. The van der Waals surface area contributed by atoms with Crippen molar-refractivity contribution < 1.29 is 14.3 Å². The van der Waals surface area contributed by atoms with E-state index in [1.165, 1.54) is 22.2 Å². The molecule has 3 heterocycles. The highest BCUT2D eigenvalue weighted by Gasteiger charge is 2.27. The summed E-state index contributed by atoms with van der Waals surface area (Å²) in [6.45, 7) is 6.95. The Morgan fingerprint density at radius 3 is 2.97 bits per heavy atom. The fourth-order valence-corrected chi connectivity index (χ4v) is 4.61. The summed E-state index contributed by atoms with van der Waals surface area (Å²) in [5, 5.41) is 0.576. The van der Waals surface area contributed by atoms with E-state index in [2.05, 4.69) is 4.98 Å². The molecule has 1 amide bonds. The average molecular weight is 443 g/mol. The number of para-hydroxylation sites is 1. The summed E-state index contributed by atoms with van der Waals surface area (Å²) in [6.07, 6.45) is 3.25. The zero-order valence-electron chi connectivity index (χ0n) is 18.0. The maximum Gasteiger partial charge on any atom is 0.256 e. The summed E-state index contributed by atoms with van der Waals surface area (Å²) in [4.78, 5) is 36.5. The molecule has 0 radical (unpaired) electrons. The van der Waals surface area contributed by atoms with E-state index in [-0.39, 0.29) is 24.1 Å². The van der Waals surface area contributed by atoms with Crippen LogP contribution in [0.2, 0.25) is 0 Å². The van der Waals surface area contributed by atoms with E-state index in [0.29, 0.717) is 41.9 Å². The smallest absolute Gasteiger partial charge is 0.256 e. The highest BCUT2D eigenvalue weighted by molar-refractivity contribution is 7.22. The van der Waals surface area contributed by atoms with Crippen LogP contribution in [0.5, 0.6) is 5.75 Å². The molecule has 1 aliphatic heterocycles. The van der Waals surface area contributed by atoms with E-state index in [1.807, 2.05) is 25.1 Å². The van der Waals surface area contributed by atoms with Crippen molar-refractivity contribution >= 4 is 32.6 Å². The van der Waals surface area contributed by atoms with Crippen LogP contribution in [0.25, 0.3) is 10.2 Å². The van der Waals surface area contributed by atoms with Crippen LogP contribution in [-0.2, 0) is 16.1 Å². The Morgan fingerprint density at radius 1 is 1.39 bits per heavy atom. The van der Waals surface area contributed by atoms with Crippen molar-refractivity contribution in [2.75, 3.05) is 24.7 Å². The molecule has 8 nitrogen and oxygen atoms in total. The summed E-state index contributed by atoms with van der Waals surface area (Å²) < 4.78 is 13.8. The van der Waals surface area contributed by atoms with E-state index in [0.717, 1.165) is 23.1 Å². The minimum atomic E-state index is -0.223. The highest BCUT2D eigenvalue weighted by atomic mass is 32.1. The maximum absolute atomic E-state index is 13.4. The number of carbonyl (C=O) groups excluding carboxylic acids is 1. The van der Waals surface area contributed by atoms with Gasteiger partial charge in [0.2, 0.25) is 5.91 Å². The number of hydrogen-bond acceptors (Lipinski definition) is 7. The summed E-state index contributed by atoms with van der Waals surface area (Å²) in [5.41, 5.74) is 1.74. The lowest BCUT2D eigenvalue weighted by Crippen LogP contribution is -2.41. The number of anilines is 1. The topological polar surface area (TPSA) is 86.5 Å². The van der Waals surface area contributed by atoms with E-state index in [9.17, 15) is 9.59 Å². The van der Waals surface area contributed by atoms with Crippen LogP contribution in [0.4, 0.5) is 5.13 Å². The van der Waals surface area contributed by atoms with Gasteiger partial charge in [-0.2, -0.15) is 0 Å². The molecular weight excluding hydrogens is 416 g/mol. The third kappa shape index (κ3) is 4.47. The number of rotatable bonds is 7.